The Morgan fingerprint density at radius 2 is 2.29 bits per heavy atom. The van der Waals surface area contributed by atoms with Crippen LogP contribution in [0.4, 0.5) is 0 Å². The fourth-order valence-corrected chi connectivity index (χ4v) is 2.16. The molecule has 0 saturated carbocycles. The second-order valence-corrected chi connectivity index (χ2v) is 4.11. The second kappa shape index (κ2) is 5.71. The predicted molar refractivity (Wildman–Crippen MR) is 67.6 cm³/mol. The first-order valence-electron chi connectivity index (χ1n) is 4.67. The largest absolute Gasteiger partial charge is 0.153 e. The van der Waals surface area contributed by atoms with Gasteiger partial charge in [-0.15, -0.1) is 0 Å². The smallest absolute Gasteiger partial charge is 0.0480 e. The van der Waals surface area contributed by atoms with Gasteiger partial charge in [-0.1, -0.05) is 49.1 Å². The maximum absolute atomic E-state index is 3.67. The van der Waals surface area contributed by atoms with Gasteiger partial charge in [0.05, 0.1) is 0 Å². The first kappa shape index (κ1) is 11.1. The van der Waals surface area contributed by atoms with E-state index in [0.717, 1.165) is 0 Å². The third kappa shape index (κ3) is 2.78. The van der Waals surface area contributed by atoms with Crippen LogP contribution < -0.4 is 0 Å². The molecule has 0 saturated heterocycles. The first-order chi connectivity index (χ1) is 6.79. The molecule has 0 N–H and O–H groups in total. The Morgan fingerprint density at radius 3 is 2.93 bits per heavy atom. The summed E-state index contributed by atoms with van der Waals surface area (Å²) in [6.07, 6.45) is 16.6. The molecule has 1 aliphatic carbocycles. The highest BCUT2D eigenvalue weighted by Gasteiger charge is 2.10. The molecule has 14 heavy (non-hydrogen) atoms. The molecule has 0 aliphatic heterocycles. The Labute approximate surface area is 90.8 Å². The summed E-state index contributed by atoms with van der Waals surface area (Å²) in [5, 5.41) is 0.495. The molecular weight excluding hydrogens is 188 g/mol. The highest BCUT2D eigenvalue weighted by atomic mass is 32.2. The fraction of sp³-hybridized carbons (Fsp3) is 0.231. The van der Waals surface area contributed by atoms with Crippen LogP contribution in [0, 0.1) is 0 Å². The van der Waals surface area contributed by atoms with Gasteiger partial charge in [0.2, 0.25) is 0 Å². The van der Waals surface area contributed by atoms with Gasteiger partial charge in [-0.3, -0.25) is 0 Å². The zero-order valence-electron chi connectivity index (χ0n) is 8.73. The van der Waals surface area contributed by atoms with Crippen molar-refractivity contribution in [3.8, 4) is 0 Å². The molecule has 0 aromatic heterocycles. The Hall–Kier alpha value is -0.950. The van der Waals surface area contributed by atoms with Crippen molar-refractivity contribution in [1.29, 1.82) is 0 Å². The van der Waals surface area contributed by atoms with Crippen LogP contribution in [0.25, 0.3) is 0 Å². The summed E-state index contributed by atoms with van der Waals surface area (Å²) < 4.78 is 0. The van der Waals surface area contributed by atoms with Crippen LogP contribution in [0.15, 0.2) is 60.3 Å². The van der Waals surface area contributed by atoms with Gasteiger partial charge in [0.15, 0.2) is 0 Å². The van der Waals surface area contributed by atoms with E-state index in [1.54, 1.807) is 6.08 Å². The average molecular weight is 204 g/mol. The highest BCUT2D eigenvalue weighted by Crippen LogP contribution is 2.25. The van der Waals surface area contributed by atoms with Crippen LogP contribution in [0.1, 0.15) is 6.92 Å². The van der Waals surface area contributed by atoms with Crippen LogP contribution >= 0.6 is 11.8 Å². The van der Waals surface area contributed by atoms with Crippen molar-refractivity contribution in [3.05, 3.63) is 60.3 Å². The maximum Gasteiger partial charge on any atom is 0.0480 e. The highest BCUT2D eigenvalue weighted by molar-refractivity contribution is 7.99. The number of hydrogen-bond acceptors (Lipinski definition) is 1. The predicted octanol–water partition coefficient (Wildman–Crippen LogP) is 3.90. The van der Waals surface area contributed by atoms with Gasteiger partial charge in [-0.05, 0) is 24.3 Å². The summed E-state index contributed by atoms with van der Waals surface area (Å²) in [5.74, 6) is 0. The second-order valence-electron chi connectivity index (χ2n) is 3.13. The van der Waals surface area contributed by atoms with E-state index in [-0.39, 0.29) is 0 Å². The summed E-state index contributed by atoms with van der Waals surface area (Å²) in [5.41, 5.74) is 2.70. The summed E-state index contributed by atoms with van der Waals surface area (Å²) in [4.78, 5) is 0. The lowest BCUT2D eigenvalue weighted by molar-refractivity contribution is 1.23. The van der Waals surface area contributed by atoms with Crippen LogP contribution in [-0.4, -0.2) is 11.5 Å². The van der Waals surface area contributed by atoms with Crippen molar-refractivity contribution in [2.75, 3.05) is 6.26 Å². The molecule has 0 bridgehead atoms. The van der Waals surface area contributed by atoms with Crippen molar-refractivity contribution in [1.82, 2.24) is 0 Å². The van der Waals surface area contributed by atoms with Gasteiger partial charge >= 0.3 is 0 Å². The van der Waals surface area contributed by atoms with Gasteiger partial charge in [0.1, 0.15) is 0 Å². The van der Waals surface area contributed by atoms with Crippen LogP contribution in [0.5, 0.6) is 0 Å². The molecule has 0 spiro atoms. The lowest BCUT2D eigenvalue weighted by Crippen LogP contribution is -2.04. The van der Waals surface area contributed by atoms with Gasteiger partial charge in [0.25, 0.3) is 0 Å². The number of thioether (sulfide) groups is 1. The van der Waals surface area contributed by atoms with E-state index in [9.17, 15) is 0 Å². The van der Waals surface area contributed by atoms with E-state index in [1.165, 1.54) is 11.1 Å². The molecule has 1 rings (SSSR count). The summed E-state index contributed by atoms with van der Waals surface area (Å²) >= 11 is 1.86. The molecule has 1 aliphatic rings. The molecule has 0 aromatic carbocycles. The van der Waals surface area contributed by atoms with E-state index in [0.29, 0.717) is 5.25 Å². The minimum absolute atomic E-state index is 0.495. The molecule has 0 nitrogen and oxygen atoms in total. The molecule has 74 valence electrons. The Morgan fingerprint density at radius 1 is 1.50 bits per heavy atom. The SMILES string of the molecule is C=C/C=C\C(C)=C1/C=CC=CC1SC. The average Bonchev–Trinajstić information content (AvgIpc) is 2.25. The van der Waals surface area contributed by atoms with Crippen molar-refractivity contribution >= 4 is 11.8 Å². The van der Waals surface area contributed by atoms with E-state index in [4.69, 9.17) is 0 Å². The van der Waals surface area contributed by atoms with Crippen molar-refractivity contribution in [2.24, 2.45) is 0 Å². The number of allylic oxidation sites excluding steroid dienone is 7. The van der Waals surface area contributed by atoms with Crippen molar-refractivity contribution in [2.45, 2.75) is 12.2 Å². The molecule has 1 unspecified atom stereocenters. The number of rotatable bonds is 3. The van der Waals surface area contributed by atoms with Crippen molar-refractivity contribution in [3.63, 3.8) is 0 Å². The van der Waals surface area contributed by atoms with E-state index in [2.05, 4.69) is 50.1 Å². The molecule has 0 radical (unpaired) electrons. The Balaban J connectivity index is 2.93. The topological polar surface area (TPSA) is 0 Å². The minimum Gasteiger partial charge on any atom is -0.153 e. The standard InChI is InChI=1S/C13H16S/c1-4-5-8-11(2)12-9-6-7-10-13(12)14-3/h4-10,13H,1H2,2-3H3/b8-5-,12-11+. The molecule has 0 fully saturated rings. The molecule has 0 heterocycles. The third-order valence-corrected chi connectivity index (χ3v) is 3.09. The third-order valence-electron chi connectivity index (χ3n) is 2.17. The lowest BCUT2D eigenvalue weighted by Gasteiger charge is -2.16. The van der Waals surface area contributed by atoms with E-state index < -0.39 is 0 Å². The van der Waals surface area contributed by atoms with E-state index in [1.807, 2.05) is 17.8 Å². The van der Waals surface area contributed by atoms with Gasteiger partial charge in [-0.2, -0.15) is 11.8 Å². The molecule has 1 heteroatoms. The molecule has 1 atom stereocenters. The Kier molecular flexibility index (Phi) is 4.54. The maximum atomic E-state index is 3.67. The zero-order chi connectivity index (χ0) is 10.4. The summed E-state index contributed by atoms with van der Waals surface area (Å²) in [6.45, 7) is 5.81. The van der Waals surface area contributed by atoms with Crippen LogP contribution in [0.3, 0.4) is 0 Å². The van der Waals surface area contributed by atoms with Gasteiger partial charge < -0.3 is 0 Å². The monoisotopic (exact) mass is 204 g/mol. The molecule has 0 amide bonds. The Bertz CT molecular complexity index is 316. The van der Waals surface area contributed by atoms with Gasteiger partial charge in [0, 0.05) is 5.25 Å². The molecular formula is C13H16S. The fourth-order valence-electron chi connectivity index (χ4n) is 1.39. The summed E-state index contributed by atoms with van der Waals surface area (Å²) in [6, 6.07) is 0. The van der Waals surface area contributed by atoms with Crippen LogP contribution in [0.2, 0.25) is 0 Å². The molecule has 0 aromatic rings. The number of hydrogen-bond donors (Lipinski definition) is 0. The van der Waals surface area contributed by atoms with Crippen LogP contribution in [-0.2, 0) is 0 Å². The summed E-state index contributed by atoms with van der Waals surface area (Å²) in [7, 11) is 0. The van der Waals surface area contributed by atoms with E-state index >= 15 is 0 Å². The lowest BCUT2D eigenvalue weighted by atomic mass is 10.0. The normalized spacial score (nSPS) is 24.3. The first-order valence-corrected chi connectivity index (χ1v) is 5.96. The zero-order valence-corrected chi connectivity index (χ0v) is 9.55. The van der Waals surface area contributed by atoms with Gasteiger partial charge in [-0.25, -0.2) is 0 Å². The minimum atomic E-state index is 0.495. The quantitative estimate of drug-likeness (QED) is 0.628. The van der Waals surface area contributed by atoms with Crippen molar-refractivity contribution < 1.29 is 0 Å².